The average Bonchev–Trinajstić information content (AvgIpc) is 2.36. The molecule has 0 amide bonds. The molecule has 0 saturated carbocycles. The quantitative estimate of drug-likeness (QED) is 0.818. The standard InChI is InChI=1S/C13H10F2N2O3/c14-7-1-6(2-8(15)3-7)9-4-20-5-10-11(9)16-13(19)17-12(10)18/h1-3,9H,4-5H2,(H2,16,17,18,19). The lowest BCUT2D eigenvalue weighted by molar-refractivity contribution is 0.0960. The summed E-state index contributed by atoms with van der Waals surface area (Å²) >= 11 is 0. The number of benzene rings is 1. The summed E-state index contributed by atoms with van der Waals surface area (Å²) < 4.78 is 31.9. The van der Waals surface area contributed by atoms with Crippen molar-refractivity contribution in [1.29, 1.82) is 0 Å². The summed E-state index contributed by atoms with van der Waals surface area (Å²) in [4.78, 5) is 27.7. The van der Waals surface area contributed by atoms with E-state index in [1.165, 1.54) is 0 Å². The highest BCUT2D eigenvalue weighted by Gasteiger charge is 2.26. The molecule has 2 heterocycles. The Hall–Kier alpha value is -2.28. The monoisotopic (exact) mass is 280 g/mol. The first-order valence-corrected chi connectivity index (χ1v) is 5.93. The molecular formula is C13H10F2N2O3. The van der Waals surface area contributed by atoms with Crippen LogP contribution in [0.3, 0.4) is 0 Å². The molecule has 2 N–H and O–H groups in total. The Kier molecular flexibility index (Phi) is 2.98. The van der Waals surface area contributed by atoms with E-state index < -0.39 is 28.8 Å². The maximum Gasteiger partial charge on any atom is 0.325 e. The van der Waals surface area contributed by atoms with Crippen LogP contribution in [0.1, 0.15) is 22.7 Å². The second-order valence-corrected chi connectivity index (χ2v) is 4.57. The zero-order valence-corrected chi connectivity index (χ0v) is 10.2. The van der Waals surface area contributed by atoms with Gasteiger partial charge in [-0.05, 0) is 17.7 Å². The van der Waals surface area contributed by atoms with Crippen molar-refractivity contribution in [3.05, 3.63) is 67.5 Å². The van der Waals surface area contributed by atoms with Crippen molar-refractivity contribution in [3.8, 4) is 0 Å². The van der Waals surface area contributed by atoms with Gasteiger partial charge in [-0.3, -0.25) is 9.78 Å². The third kappa shape index (κ3) is 2.16. The van der Waals surface area contributed by atoms with Gasteiger partial charge in [0.1, 0.15) is 11.6 Å². The van der Waals surface area contributed by atoms with Gasteiger partial charge in [-0.15, -0.1) is 0 Å². The van der Waals surface area contributed by atoms with Gasteiger partial charge < -0.3 is 9.72 Å². The fourth-order valence-corrected chi connectivity index (χ4v) is 2.37. The van der Waals surface area contributed by atoms with Crippen LogP contribution < -0.4 is 11.2 Å². The van der Waals surface area contributed by atoms with E-state index in [1.54, 1.807) is 0 Å². The van der Waals surface area contributed by atoms with Crippen molar-refractivity contribution in [1.82, 2.24) is 9.97 Å². The first kappa shape index (κ1) is 12.7. The summed E-state index contributed by atoms with van der Waals surface area (Å²) in [5.41, 5.74) is -0.284. The summed E-state index contributed by atoms with van der Waals surface area (Å²) in [6, 6.07) is 3.08. The van der Waals surface area contributed by atoms with E-state index in [-0.39, 0.29) is 18.8 Å². The third-order valence-corrected chi connectivity index (χ3v) is 3.24. The predicted molar refractivity (Wildman–Crippen MR) is 65.5 cm³/mol. The molecule has 0 saturated heterocycles. The second kappa shape index (κ2) is 4.68. The van der Waals surface area contributed by atoms with Crippen molar-refractivity contribution in [2.75, 3.05) is 6.61 Å². The van der Waals surface area contributed by atoms with Gasteiger partial charge in [0.05, 0.1) is 18.8 Å². The normalized spacial score (nSPS) is 17.8. The SMILES string of the molecule is O=c1[nH]c2c(c(=O)[nH]1)COCC2c1cc(F)cc(F)c1. The molecule has 1 aromatic carbocycles. The smallest absolute Gasteiger partial charge is 0.325 e. The molecule has 3 rings (SSSR count). The van der Waals surface area contributed by atoms with Crippen molar-refractivity contribution in [2.24, 2.45) is 0 Å². The van der Waals surface area contributed by atoms with Crippen LogP contribution in [0.4, 0.5) is 8.78 Å². The molecule has 0 radical (unpaired) electrons. The van der Waals surface area contributed by atoms with Crippen LogP contribution in [0.25, 0.3) is 0 Å². The molecule has 5 nitrogen and oxygen atoms in total. The Bertz CT molecular complexity index is 762. The Morgan fingerprint density at radius 2 is 1.80 bits per heavy atom. The largest absolute Gasteiger partial charge is 0.375 e. The van der Waals surface area contributed by atoms with Crippen molar-refractivity contribution >= 4 is 0 Å². The fourth-order valence-electron chi connectivity index (χ4n) is 2.37. The van der Waals surface area contributed by atoms with Crippen LogP contribution in [-0.2, 0) is 11.3 Å². The Morgan fingerprint density at radius 1 is 1.10 bits per heavy atom. The molecule has 1 aromatic heterocycles. The highest BCUT2D eigenvalue weighted by atomic mass is 19.1. The van der Waals surface area contributed by atoms with Gasteiger partial charge in [-0.25, -0.2) is 13.6 Å². The van der Waals surface area contributed by atoms with E-state index >= 15 is 0 Å². The number of halogens is 2. The molecule has 1 atom stereocenters. The minimum atomic E-state index is -0.723. The van der Waals surface area contributed by atoms with Crippen LogP contribution in [0, 0.1) is 11.6 Å². The summed E-state index contributed by atoms with van der Waals surface area (Å²) in [6.07, 6.45) is 0. The average molecular weight is 280 g/mol. The number of fused-ring (bicyclic) bond motifs is 1. The number of nitrogens with one attached hydrogen (secondary N) is 2. The van der Waals surface area contributed by atoms with Crippen LogP contribution in [0.2, 0.25) is 0 Å². The molecule has 0 spiro atoms. The summed E-state index contributed by atoms with van der Waals surface area (Å²) in [5, 5.41) is 0. The van der Waals surface area contributed by atoms with Crippen LogP contribution in [0.15, 0.2) is 27.8 Å². The van der Waals surface area contributed by atoms with Crippen molar-refractivity contribution in [2.45, 2.75) is 12.5 Å². The lowest BCUT2D eigenvalue weighted by atomic mass is 9.92. The number of aromatic amines is 2. The second-order valence-electron chi connectivity index (χ2n) is 4.57. The van der Waals surface area contributed by atoms with E-state index in [1.807, 2.05) is 0 Å². The van der Waals surface area contributed by atoms with E-state index in [0.717, 1.165) is 18.2 Å². The Labute approximate surface area is 111 Å². The van der Waals surface area contributed by atoms with E-state index in [0.29, 0.717) is 11.3 Å². The molecule has 2 aromatic rings. The first-order valence-electron chi connectivity index (χ1n) is 5.93. The number of rotatable bonds is 1. The van der Waals surface area contributed by atoms with E-state index in [4.69, 9.17) is 4.74 Å². The number of ether oxygens (including phenoxy) is 1. The lowest BCUT2D eigenvalue weighted by Crippen LogP contribution is -2.33. The number of H-pyrrole nitrogens is 2. The maximum absolute atomic E-state index is 13.3. The van der Waals surface area contributed by atoms with Gasteiger partial charge in [0.2, 0.25) is 0 Å². The zero-order valence-electron chi connectivity index (χ0n) is 10.2. The van der Waals surface area contributed by atoms with Gasteiger partial charge in [0.25, 0.3) is 5.56 Å². The zero-order chi connectivity index (χ0) is 14.3. The third-order valence-electron chi connectivity index (χ3n) is 3.24. The molecule has 1 unspecified atom stereocenters. The molecular weight excluding hydrogens is 270 g/mol. The van der Waals surface area contributed by atoms with Gasteiger partial charge in [0.15, 0.2) is 0 Å². The molecule has 0 fully saturated rings. The molecule has 20 heavy (non-hydrogen) atoms. The topological polar surface area (TPSA) is 75.0 Å². The van der Waals surface area contributed by atoms with Gasteiger partial charge in [-0.1, -0.05) is 0 Å². The lowest BCUT2D eigenvalue weighted by Gasteiger charge is -2.24. The molecule has 7 heteroatoms. The maximum atomic E-state index is 13.3. The van der Waals surface area contributed by atoms with Crippen molar-refractivity contribution < 1.29 is 13.5 Å². The number of aromatic nitrogens is 2. The first-order chi connectivity index (χ1) is 9.54. The molecule has 0 bridgehead atoms. The van der Waals surface area contributed by atoms with Crippen molar-refractivity contribution in [3.63, 3.8) is 0 Å². The number of hydrogen-bond donors (Lipinski definition) is 2. The molecule has 0 aliphatic carbocycles. The molecule has 1 aliphatic heterocycles. The van der Waals surface area contributed by atoms with Gasteiger partial charge in [-0.2, -0.15) is 0 Å². The Morgan fingerprint density at radius 3 is 2.50 bits per heavy atom. The minimum Gasteiger partial charge on any atom is -0.375 e. The fraction of sp³-hybridized carbons (Fsp3) is 0.231. The van der Waals surface area contributed by atoms with Gasteiger partial charge >= 0.3 is 5.69 Å². The van der Waals surface area contributed by atoms with Gasteiger partial charge in [0, 0.05) is 17.7 Å². The predicted octanol–water partition coefficient (Wildman–Crippen LogP) is 1.00. The molecule has 1 aliphatic rings. The Balaban J connectivity index is 2.19. The number of hydrogen-bond acceptors (Lipinski definition) is 3. The van der Waals surface area contributed by atoms with Crippen LogP contribution in [-0.4, -0.2) is 16.6 Å². The summed E-state index contributed by atoms with van der Waals surface area (Å²) in [7, 11) is 0. The van der Waals surface area contributed by atoms with E-state index in [2.05, 4.69) is 9.97 Å². The molecule has 104 valence electrons. The summed E-state index contributed by atoms with van der Waals surface area (Å²) in [6.45, 7) is 0.186. The highest BCUT2D eigenvalue weighted by Crippen LogP contribution is 2.29. The minimum absolute atomic E-state index is 0.0513. The van der Waals surface area contributed by atoms with Crippen LogP contribution >= 0.6 is 0 Å². The van der Waals surface area contributed by atoms with Crippen LogP contribution in [0.5, 0.6) is 0 Å². The highest BCUT2D eigenvalue weighted by molar-refractivity contribution is 5.34. The summed E-state index contributed by atoms with van der Waals surface area (Å²) in [5.74, 6) is -2.03. The van der Waals surface area contributed by atoms with E-state index in [9.17, 15) is 18.4 Å².